The van der Waals surface area contributed by atoms with E-state index in [0.717, 1.165) is 13.0 Å². The third-order valence-corrected chi connectivity index (χ3v) is 5.21. The van der Waals surface area contributed by atoms with Crippen molar-refractivity contribution in [3.8, 4) is 0 Å². The van der Waals surface area contributed by atoms with Crippen LogP contribution in [0.5, 0.6) is 0 Å². The Morgan fingerprint density at radius 2 is 1.71 bits per heavy atom. The van der Waals surface area contributed by atoms with E-state index in [4.69, 9.17) is 0 Å². The van der Waals surface area contributed by atoms with E-state index < -0.39 is 0 Å². The molecule has 2 aromatic carbocycles. The van der Waals surface area contributed by atoms with E-state index in [0.29, 0.717) is 6.04 Å². The molecular weight excluding hydrogens is 274 g/mol. The van der Waals surface area contributed by atoms with Crippen molar-refractivity contribution in [2.45, 2.75) is 32.9 Å². The zero-order valence-electron chi connectivity index (χ0n) is 12.6. The molecule has 0 spiro atoms. The van der Waals surface area contributed by atoms with Crippen LogP contribution in [0.25, 0.3) is 10.1 Å². The SMILES string of the molecule is CCc1ccc(CNC(C)c2cc3ccccc3s2)cc1. The van der Waals surface area contributed by atoms with Crippen molar-refractivity contribution in [1.82, 2.24) is 5.32 Å². The van der Waals surface area contributed by atoms with Gasteiger partial charge in [-0.3, -0.25) is 0 Å². The quantitative estimate of drug-likeness (QED) is 0.672. The van der Waals surface area contributed by atoms with Crippen molar-refractivity contribution >= 4 is 21.4 Å². The lowest BCUT2D eigenvalue weighted by Crippen LogP contribution is -2.17. The van der Waals surface area contributed by atoms with Crippen molar-refractivity contribution in [3.05, 3.63) is 70.6 Å². The van der Waals surface area contributed by atoms with Gasteiger partial charge in [-0.2, -0.15) is 0 Å². The number of hydrogen-bond acceptors (Lipinski definition) is 2. The number of thiophene rings is 1. The summed E-state index contributed by atoms with van der Waals surface area (Å²) in [7, 11) is 0. The van der Waals surface area contributed by atoms with Crippen LogP contribution in [0.1, 0.15) is 35.9 Å². The highest BCUT2D eigenvalue weighted by molar-refractivity contribution is 7.19. The minimum Gasteiger partial charge on any atom is -0.305 e. The summed E-state index contributed by atoms with van der Waals surface area (Å²) in [6, 6.07) is 20.2. The van der Waals surface area contributed by atoms with Gasteiger partial charge >= 0.3 is 0 Å². The summed E-state index contributed by atoms with van der Waals surface area (Å²) in [4.78, 5) is 1.40. The first-order chi connectivity index (χ1) is 10.3. The lowest BCUT2D eigenvalue weighted by atomic mass is 10.1. The Hall–Kier alpha value is -1.64. The molecule has 1 heterocycles. The Morgan fingerprint density at radius 3 is 2.43 bits per heavy atom. The smallest absolute Gasteiger partial charge is 0.0389 e. The molecule has 0 amide bonds. The van der Waals surface area contributed by atoms with Crippen LogP contribution < -0.4 is 5.32 Å². The average Bonchev–Trinajstić information content (AvgIpc) is 2.97. The topological polar surface area (TPSA) is 12.0 Å². The normalized spacial score (nSPS) is 12.7. The van der Waals surface area contributed by atoms with Gasteiger partial charge in [0.25, 0.3) is 0 Å². The number of hydrogen-bond donors (Lipinski definition) is 1. The summed E-state index contributed by atoms with van der Waals surface area (Å²) >= 11 is 1.88. The zero-order valence-corrected chi connectivity index (χ0v) is 13.4. The molecule has 0 aliphatic heterocycles. The number of fused-ring (bicyclic) bond motifs is 1. The number of nitrogens with one attached hydrogen (secondary N) is 1. The maximum Gasteiger partial charge on any atom is 0.0389 e. The highest BCUT2D eigenvalue weighted by Crippen LogP contribution is 2.29. The van der Waals surface area contributed by atoms with E-state index in [9.17, 15) is 0 Å². The Labute approximate surface area is 130 Å². The molecule has 0 saturated heterocycles. The molecule has 3 aromatic rings. The van der Waals surface area contributed by atoms with Crippen LogP contribution in [0, 0.1) is 0 Å². The maximum atomic E-state index is 3.62. The second-order valence-corrected chi connectivity index (χ2v) is 6.57. The van der Waals surface area contributed by atoms with Crippen molar-refractivity contribution in [2.75, 3.05) is 0 Å². The minimum absolute atomic E-state index is 0.383. The molecule has 0 fully saturated rings. The van der Waals surface area contributed by atoms with Gasteiger partial charge in [-0.1, -0.05) is 49.4 Å². The van der Waals surface area contributed by atoms with Crippen LogP contribution in [-0.4, -0.2) is 0 Å². The Morgan fingerprint density at radius 1 is 1.00 bits per heavy atom. The summed E-state index contributed by atoms with van der Waals surface area (Å²) in [5.41, 5.74) is 2.75. The standard InChI is InChI=1S/C19H21NS/c1-3-15-8-10-16(11-9-15)13-20-14(2)19-12-17-6-4-5-7-18(17)21-19/h4-12,14,20H,3,13H2,1-2H3. The van der Waals surface area contributed by atoms with Crippen molar-refractivity contribution in [2.24, 2.45) is 0 Å². The van der Waals surface area contributed by atoms with Crippen LogP contribution >= 0.6 is 11.3 Å². The van der Waals surface area contributed by atoms with Gasteiger partial charge in [-0.15, -0.1) is 11.3 Å². The maximum absolute atomic E-state index is 3.62. The van der Waals surface area contributed by atoms with Gasteiger partial charge in [0.1, 0.15) is 0 Å². The molecule has 0 aliphatic rings. The average molecular weight is 295 g/mol. The predicted octanol–water partition coefficient (Wildman–Crippen LogP) is 5.31. The molecule has 2 heteroatoms. The molecule has 0 bridgehead atoms. The fourth-order valence-electron chi connectivity index (χ4n) is 2.48. The summed E-state index contributed by atoms with van der Waals surface area (Å²) in [5.74, 6) is 0. The summed E-state index contributed by atoms with van der Waals surface area (Å²) < 4.78 is 1.37. The first kappa shape index (κ1) is 14.3. The van der Waals surface area contributed by atoms with E-state index in [1.807, 2.05) is 11.3 Å². The van der Waals surface area contributed by atoms with E-state index >= 15 is 0 Å². The zero-order chi connectivity index (χ0) is 14.7. The van der Waals surface area contributed by atoms with Crippen molar-refractivity contribution in [1.29, 1.82) is 0 Å². The molecule has 3 rings (SSSR count). The highest BCUT2D eigenvalue weighted by atomic mass is 32.1. The van der Waals surface area contributed by atoms with Crippen LogP contribution in [0.15, 0.2) is 54.6 Å². The van der Waals surface area contributed by atoms with Crippen molar-refractivity contribution < 1.29 is 0 Å². The first-order valence-corrected chi connectivity index (χ1v) is 8.37. The predicted molar refractivity (Wildman–Crippen MR) is 92.9 cm³/mol. The van der Waals surface area contributed by atoms with E-state index in [1.54, 1.807) is 0 Å². The van der Waals surface area contributed by atoms with Gasteiger partial charge in [0.15, 0.2) is 0 Å². The Bertz CT molecular complexity index is 679. The lowest BCUT2D eigenvalue weighted by Gasteiger charge is -2.12. The second kappa shape index (κ2) is 6.42. The molecule has 1 unspecified atom stereocenters. The third kappa shape index (κ3) is 3.34. The molecule has 21 heavy (non-hydrogen) atoms. The second-order valence-electron chi connectivity index (χ2n) is 5.46. The van der Waals surface area contributed by atoms with Gasteiger partial charge in [-0.05, 0) is 42.0 Å². The van der Waals surface area contributed by atoms with E-state index in [-0.39, 0.29) is 0 Å². The fourth-order valence-corrected chi connectivity index (χ4v) is 3.57. The molecular formula is C19H21NS. The molecule has 1 aromatic heterocycles. The Kier molecular flexibility index (Phi) is 4.37. The van der Waals surface area contributed by atoms with Crippen molar-refractivity contribution in [3.63, 3.8) is 0 Å². The lowest BCUT2D eigenvalue weighted by molar-refractivity contribution is 0.583. The highest BCUT2D eigenvalue weighted by Gasteiger charge is 2.08. The summed E-state index contributed by atoms with van der Waals surface area (Å²) in [6.45, 7) is 5.35. The van der Waals surface area contributed by atoms with Crippen LogP contribution in [-0.2, 0) is 13.0 Å². The largest absolute Gasteiger partial charge is 0.305 e. The fraction of sp³-hybridized carbons (Fsp3) is 0.263. The molecule has 0 aliphatic carbocycles. The summed E-state index contributed by atoms with van der Waals surface area (Å²) in [6.07, 6.45) is 1.10. The van der Waals surface area contributed by atoms with Gasteiger partial charge in [0.2, 0.25) is 0 Å². The van der Waals surface area contributed by atoms with Crippen LogP contribution in [0.4, 0.5) is 0 Å². The Balaban J connectivity index is 1.66. The summed E-state index contributed by atoms with van der Waals surface area (Å²) in [5, 5.41) is 4.97. The molecule has 1 atom stereocenters. The molecule has 0 saturated carbocycles. The monoisotopic (exact) mass is 295 g/mol. The van der Waals surface area contributed by atoms with Gasteiger partial charge in [0, 0.05) is 22.2 Å². The van der Waals surface area contributed by atoms with Gasteiger partial charge in [-0.25, -0.2) is 0 Å². The number of benzene rings is 2. The third-order valence-electron chi connectivity index (χ3n) is 3.91. The molecule has 1 nitrogen and oxygen atoms in total. The minimum atomic E-state index is 0.383. The molecule has 108 valence electrons. The first-order valence-electron chi connectivity index (χ1n) is 7.56. The number of aryl methyl sites for hydroxylation is 1. The molecule has 1 N–H and O–H groups in total. The van der Waals surface area contributed by atoms with E-state index in [2.05, 4.69) is 73.8 Å². The van der Waals surface area contributed by atoms with Gasteiger partial charge in [0.05, 0.1) is 0 Å². The van der Waals surface area contributed by atoms with E-state index in [1.165, 1.54) is 26.1 Å². The van der Waals surface area contributed by atoms with Gasteiger partial charge < -0.3 is 5.32 Å². The molecule has 0 radical (unpaired) electrons. The number of rotatable bonds is 5. The van der Waals surface area contributed by atoms with Crippen LogP contribution in [0.3, 0.4) is 0 Å². The van der Waals surface area contributed by atoms with Crippen LogP contribution in [0.2, 0.25) is 0 Å².